The molecule has 0 saturated carbocycles. The van der Waals surface area contributed by atoms with E-state index >= 15 is 0 Å². The second-order valence-electron chi connectivity index (χ2n) is 5.69. The monoisotopic (exact) mass is 293 g/mol. The third kappa shape index (κ3) is 5.24. The lowest BCUT2D eigenvalue weighted by molar-refractivity contribution is 0.352. The molecule has 0 fully saturated rings. The van der Waals surface area contributed by atoms with Gasteiger partial charge in [0.05, 0.1) is 14.2 Å². The summed E-state index contributed by atoms with van der Waals surface area (Å²) in [6.07, 6.45) is 3.63. The van der Waals surface area contributed by atoms with Crippen molar-refractivity contribution in [1.82, 2.24) is 5.32 Å². The SMILES string of the molecule is CCCNCC(c1ccc(OC)c(OC)c1)C(C)CCC. The Hall–Kier alpha value is -1.22. The molecule has 1 rings (SSSR count). The molecule has 1 N–H and O–H groups in total. The standard InChI is InChI=1S/C18H31NO2/c1-6-8-14(3)16(13-19-11-7-2)15-9-10-17(20-4)18(12-15)21-5/h9-10,12,14,16,19H,6-8,11,13H2,1-5H3. The lowest BCUT2D eigenvalue weighted by Gasteiger charge is -2.25. The van der Waals surface area contributed by atoms with E-state index in [4.69, 9.17) is 9.47 Å². The summed E-state index contributed by atoms with van der Waals surface area (Å²) in [5.74, 6) is 2.78. The Morgan fingerprint density at radius 1 is 1.05 bits per heavy atom. The molecule has 0 saturated heterocycles. The van der Waals surface area contributed by atoms with Crippen molar-refractivity contribution < 1.29 is 9.47 Å². The van der Waals surface area contributed by atoms with Crippen LogP contribution >= 0.6 is 0 Å². The largest absolute Gasteiger partial charge is 0.493 e. The van der Waals surface area contributed by atoms with E-state index in [2.05, 4.69) is 38.2 Å². The van der Waals surface area contributed by atoms with Crippen LogP contribution in [-0.2, 0) is 0 Å². The van der Waals surface area contributed by atoms with Crippen LogP contribution < -0.4 is 14.8 Å². The Morgan fingerprint density at radius 3 is 2.33 bits per heavy atom. The van der Waals surface area contributed by atoms with Crippen molar-refractivity contribution in [2.75, 3.05) is 27.3 Å². The van der Waals surface area contributed by atoms with Crippen LogP contribution in [0.3, 0.4) is 0 Å². The maximum Gasteiger partial charge on any atom is 0.160 e. The lowest BCUT2D eigenvalue weighted by atomic mass is 9.84. The van der Waals surface area contributed by atoms with Crippen LogP contribution in [0, 0.1) is 5.92 Å². The summed E-state index contributed by atoms with van der Waals surface area (Å²) in [6, 6.07) is 6.31. The number of ether oxygens (including phenoxy) is 2. The van der Waals surface area contributed by atoms with Gasteiger partial charge in [-0.3, -0.25) is 0 Å². The minimum absolute atomic E-state index is 0.510. The molecule has 0 aliphatic rings. The van der Waals surface area contributed by atoms with E-state index in [0.717, 1.165) is 24.6 Å². The predicted octanol–water partition coefficient (Wildman–Crippen LogP) is 4.22. The van der Waals surface area contributed by atoms with Gasteiger partial charge in [0, 0.05) is 6.54 Å². The van der Waals surface area contributed by atoms with Gasteiger partial charge in [0.1, 0.15) is 0 Å². The molecule has 21 heavy (non-hydrogen) atoms. The molecule has 2 unspecified atom stereocenters. The summed E-state index contributed by atoms with van der Waals surface area (Å²) >= 11 is 0. The minimum Gasteiger partial charge on any atom is -0.493 e. The molecule has 2 atom stereocenters. The number of methoxy groups -OCH3 is 2. The molecule has 0 radical (unpaired) electrons. The molecule has 3 heteroatoms. The van der Waals surface area contributed by atoms with E-state index in [9.17, 15) is 0 Å². The van der Waals surface area contributed by atoms with Crippen LogP contribution in [0.1, 0.15) is 51.5 Å². The van der Waals surface area contributed by atoms with Gasteiger partial charge in [-0.2, -0.15) is 0 Å². The molecule has 3 nitrogen and oxygen atoms in total. The minimum atomic E-state index is 0.510. The van der Waals surface area contributed by atoms with Gasteiger partial charge in [-0.15, -0.1) is 0 Å². The fourth-order valence-electron chi connectivity index (χ4n) is 2.82. The summed E-state index contributed by atoms with van der Waals surface area (Å²) in [7, 11) is 3.37. The summed E-state index contributed by atoms with van der Waals surface area (Å²) < 4.78 is 10.8. The highest BCUT2D eigenvalue weighted by molar-refractivity contribution is 5.44. The van der Waals surface area contributed by atoms with Crippen LogP contribution in [0.15, 0.2) is 18.2 Å². The second-order valence-corrected chi connectivity index (χ2v) is 5.69. The summed E-state index contributed by atoms with van der Waals surface area (Å²) in [5, 5.41) is 3.57. The topological polar surface area (TPSA) is 30.5 Å². The fourth-order valence-corrected chi connectivity index (χ4v) is 2.82. The van der Waals surface area contributed by atoms with Crippen molar-refractivity contribution in [1.29, 1.82) is 0 Å². The van der Waals surface area contributed by atoms with Gasteiger partial charge >= 0.3 is 0 Å². The van der Waals surface area contributed by atoms with Crippen molar-refractivity contribution in [2.24, 2.45) is 5.92 Å². The van der Waals surface area contributed by atoms with E-state index < -0.39 is 0 Å². The molecule has 0 amide bonds. The van der Waals surface area contributed by atoms with Crippen molar-refractivity contribution in [3.8, 4) is 11.5 Å². The van der Waals surface area contributed by atoms with E-state index in [1.165, 1.54) is 24.8 Å². The van der Waals surface area contributed by atoms with Crippen LogP contribution in [0.25, 0.3) is 0 Å². The highest BCUT2D eigenvalue weighted by atomic mass is 16.5. The Bertz CT molecular complexity index is 406. The molecule has 0 aliphatic carbocycles. The normalized spacial score (nSPS) is 13.8. The van der Waals surface area contributed by atoms with Crippen LogP contribution in [-0.4, -0.2) is 27.3 Å². The molecule has 0 heterocycles. The zero-order chi connectivity index (χ0) is 15.7. The van der Waals surface area contributed by atoms with Crippen LogP contribution in [0.4, 0.5) is 0 Å². The second kappa shape index (κ2) is 9.67. The van der Waals surface area contributed by atoms with Gasteiger partial charge in [-0.05, 0) is 42.5 Å². The maximum atomic E-state index is 5.45. The Kier molecular flexibility index (Phi) is 8.21. The van der Waals surface area contributed by atoms with Crippen molar-refractivity contribution in [2.45, 2.75) is 46.0 Å². The number of hydrogen-bond donors (Lipinski definition) is 1. The molecular weight excluding hydrogens is 262 g/mol. The van der Waals surface area contributed by atoms with Gasteiger partial charge in [-0.25, -0.2) is 0 Å². The first kappa shape index (κ1) is 17.8. The average molecular weight is 293 g/mol. The molecule has 1 aromatic rings. The highest BCUT2D eigenvalue weighted by Gasteiger charge is 2.20. The number of rotatable bonds is 10. The van der Waals surface area contributed by atoms with Crippen LogP contribution in [0.5, 0.6) is 11.5 Å². The number of hydrogen-bond acceptors (Lipinski definition) is 3. The Morgan fingerprint density at radius 2 is 1.76 bits per heavy atom. The van der Waals surface area contributed by atoms with Crippen molar-refractivity contribution in [3.63, 3.8) is 0 Å². The van der Waals surface area contributed by atoms with Crippen molar-refractivity contribution >= 4 is 0 Å². The molecule has 0 aliphatic heterocycles. The third-order valence-electron chi connectivity index (χ3n) is 4.06. The quantitative estimate of drug-likeness (QED) is 0.655. The maximum absolute atomic E-state index is 5.45. The number of benzene rings is 1. The predicted molar refractivity (Wildman–Crippen MR) is 89.5 cm³/mol. The first-order valence-electron chi connectivity index (χ1n) is 8.10. The van der Waals surface area contributed by atoms with E-state index in [-0.39, 0.29) is 0 Å². The van der Waals surface area contributed by atoms with E-state index in [1.54, 1.807) is 14.2 Å². The highest BCUT2D eigenvalue weighted by Crippen LogP contribution is 2.34. The van der Waals surface area contributed by atoms with E-state index in [1.807, 2.05) is 6.07 Å². The van der Waals surface area contributed by atoms with Gasteiger partial charge in [0.2, 0.25) is 0 Å². The van der Waals surface area contributed by atoms with Gasteiger partial charge in [-0.1, -0.05) is 39.7 Å². The Balaban J connectivity index is 2.95. The van der Waals surface area contributed by atoms with E-state index in [0.29, 0.717) is 11.8 Å². The first-order chi connectivity index (χ1) is 10.2. The molecular formula is C18H31NO2. The Labute approximate surface area is 130 Å². The summed E-state index contributed by atoms with van der Waals surface area (Å²) in [4.78, 5) is 0. The van der Waals surface area contributed by atoms with Gasteiger partial charge in [0.25, 0.3) is 0 Å². The molecule has 0 bridgehead atoms. The number of nitrogens with one attached hydrogen (secondary N) is 1. The van der Waals surface area contributed by atoms with Crippen LogP contribution in [0.2, 0.25) is 0 Å². The molecule has 0 spiro atoms. The zero-order valence-electron chi connectivity index (χ0n) is 14.2. The van der Waals surface area contributed by atoms with Gasteiger partial charge in [0.15, 0.2) is 11.5 Å². The first-order valence-corrected chi connectivity index (χ1v) is 8.10. The molecule has 1 aromatic carbocycles. The van der Waals surface area contributed by atoms with Gasteiger partial charge < -0.3 is 14.8 Å². The molecule has 0 aromatic heterocycles. The summed E-state index contributed by atoms with van der Waals surface area (Å²) in [6.45, 7) is 8.89. The third-order valence-corrected chi connectivity index (χ3v) is 4.06. The van der Waals surface area contributed by atoms with Crippen molar-refractivity contribution in [3.05, 3.63) is 23.8 Å². The average Bonchev–Trinajstić information content (AvgIpc) is 2.51. The zero-order valence-corrected chi connectivity index (χ0v) is 14.2. The lowest BCUT2D eigenvalue weighted by Crippen LogP contribution is -2.26. The fraction of sp³-hybridized carbons (Fsp3) is 0.667. The smallest absolute Gasteiger partial charge is 0.160 e. The molecule has 120 valence electrons. The summed E-state index contributed by atoms with van der Waals surface area (Å²) in [5.41, 5.74) is 1.33.